The molecule has 0 amide bonds. The van der Waals surface area contributed by atoms with E-state index in [1.165, 1.54) is 12.1 Å². The highest BCUT2D eigenvalue weighted by molar-refractivity contribution is 5.67. The molecule has 0 bridgehead atoms. The van der Waals surface area contributed by atoms with Crippen LogP contribution in [0, 0.1) is 48.8 Å². The van der Waals surface area contributed by atoms with Crippen molar-refractivity contribution in [1.29, 1.82) is 0 Å². The van der Waals surface area contributed by atoms with Gasteiger partial charge in [0.15, 0.2) is 46.6 Å². The molecule has 20 heteroatoms. The van der Waals surface area contributed by atoms with Gasteiger partial charge >= 0.3 is 0 Å². The summed E-state index contributed by atoms with van der Waals surface area (Å²) in [6, 6.07) is 11.9. The first kappa shape index (κ1) is 45.3. The average molecular weight is 933 g/mol. The van der Waals surface area contributed by atoms with Crippen LogP contribution in [0.1, 0.15) is 94.7 Å². The number of rotatable bonds is 10. The first-order chi connectivity index (χ1) is 32.9. The van der Waals surface area contributed by atoms with Gasteiger partial charge in [0.2, 0.25) is 11.8 Å². The smallest absolute Gasteiger partial charge is 0.238 e. The Hall–Kier alpha value is -7.90. The fraction of sp³-hybridized carbons (Fsp3) is 0.250. The minimum atomic E-state index is -1.47. The van der Waals surface area contributed by atoms with E-state index < -0.39 is 46.7 Å². The van der Waals surface area contributed by atoms with Crippen molar-refractivity contribution >= 4 is 24.3 Å². The normalized spacial score (nSPS) is 15.6. The number of pyridine rings is 2. The van der Waals surface area contributed by atoms with Crippen LogP contribution in [-0.4, -0.2) is 72.8 Å². The van der Waals surface area contributed by atoms with Crippen LogP contribution in [0.5, 0.6) is 11.8 Å². The van der Waals surface area contributed by atoms with Crippen molar-refractivity contribution in [3.05, 3.63) is 166 Å². The Kier molecular flexibility index (Phi) is 12.7. The minimum Gasteiger partial charge on any atom is -0.479 e. The van der Waals surface area contributed by atoms with Gasteiger partial charge in [0.25, 0.3) is 0 Å². The van der Waals surface area contributed by atoms with Crippen LogP contribution < -0.4 is 9.47 Å². The highest BCUT2D eigenvalue weighted by Gasteiger charge is 2.31. The summed E-state index contributed by atoms with van der Waals surface area (Å²) in [4.78, 5) is 26.6. The molecule has 14 nitrogen and oxygen atoms in total. The summed E-state index contributed by atoms with van der Waals surface area (Å²) in [5, 5.41) is 8.96. The second kappa shape index (κ2) is 19.1. The number of halogens is 6. The predicted octanol–water partition coefficient (Wildman–Crippen LogP) is 9.38. The van der Waals surface area contributed by atoms with E-state index in [4.69, 9.17) is 9.47 Å². The van der Waals surface area contributed by atoms with Crippen LogP contribution in [0.2, 0.25) is 0 Å². The number of ether oxygens (including phenoxy) is 2. The van der Waals surface area contributed by atoms with E-state index in [2.05, 4.69) is 40.1 Å². The van der Waals surface area contributed by atoms with Gasteiger partial charge in [-0.3, -0.25) is 0 Å². The lowest BCUT2D eigenvalue weighted by molar-refractivity contribution is 0.395. The largest absolute Gasteiger partial charge is 0.479 e. The maximum Gasteiger partial charge on any atom is 0.238 e. The first-order valence-corrected chi connectivity index (χ1v) is 21.5. The zero-order valence-electron chi connectivity index (χ0n) is 37.1. The Morgan fingerprint density at radius 3 is 1.34 bits per heavy atom. The van der Waals surface area contributed by atoms with Gasteiger partial charge in [-0.15, -0.1) is 0 Å². The van der Waals surface area contributed by atoms with Gasteiger partial charge in [0.1, 0.15) is 23.0 Å². The number of fused-ring (bicyclic) bond motifs is 2. The number of benzene rings is 2. The SMILES string of the molecule is COc1nc(/C=C/c2nc3n(n2)CCC[C@@H]3c2ccc(F)c(F)c2F)ccc1-n1cnc(C)c1.COc1nc(/C=C/c2nc3n(n2)CCC[C@H]3c2ccc(F)c(F)c2F)ccc1-n1cnc(C)c1. The molecule has 0 saturated carbocycles. The molecule has 2 aliphatic rings. The Labute approximate surface area is 385 Å². The molecule has 0 saturated heterocycles. The lowest BCUT2D eigenvalue weighted by Gasteiger charge is -2.22. The molecule has 68 heavy (non-hydrogen) atoms. The monoisotopic (exact) mass is 932 g/mol. The second-order valence-corrected chi connectivity index (χ2v) is 16.1. The summed E-state index contributed by atoms with van der Waals surface area (Å²) in [6.07, 6.45) is 16.6. The van der Waals surface area contributed by atoms with Crippen LogP contribution in [0.4, 0.5) is 26.3 Å². The topological polar surface area (TPSA) is 141 Å². The molecule has 8 heterocycles. The lowest BCUT2D eigenvalue weighted by Crippen LogP contribution is -2.19. The van der Waals surface area contributed by atoms with Gasteiger partial charge in [-0.2, -0.15) is 10.2 Å². The van der Waals surface area contributed by atoms with Crippen molar-refractivity contribution in [2.24, 2.45) is 0 Å². The van der Waals surface area contributed by atoms with E-state index >= 15 is 0 Å². The Bertz CT molecular complexity index is 3000. The number of hydrogen-bond donors (Lipinski definition) is 0. The van der Waals surface area contributed by atoms with Crippen LogP contribution >= 0.6 is 0 Å². The van der Waals surface area contributed by atoms with Gasteiger partial charge in [0.05, 0.1) is 49.6 Å². The minimum absolute atomic E-state index is 0.0829. The fourth-order valence-corrected chi connectivity index (χ4v) is 8.29. The number of imidazole rings is 2. The molecule has 0 unspecified atom stereocenters. The number of aryl methyl sites for hydroxylation is 4. The van der Waals surface area contributed by atoms with Crippen LogP contribution in [-0.2, 0) is 13.1 Å². The summed E-state index contributed by atoms with van der Waals surface area (Å²) < 4.78 is 101. The van der Waals surface area contributed by atoms with Crippen molar-refractivity contribution in [1.82, 2.24) is 58.6 Å². The molecule has 0 radical (unpaired) electrons. The third-order valence-electron chi connectivity index (χ3n) is 11.6. The van der Waals surface area contributed by atoms with Crippen LogP contribution in [0.15, 0.2) is 73.6 Å². The van der Waals surface area contributed by atoms with E-state index in [0.717, 1.165) is 47.7 Å². The molecule has 2 aromatic carbocycles. The predicted molar refractivity (Wildman–Crippen MR) is 238 cm³/mol. The van der Waals surface area contributed by atoms with Crippen molar-refractivity contribution in [2.45, 2.75) is 64.5 Å². The van der Waals surface area contributed by atoms with Crippen molar-refractivity contribution < 1.29 is 35.8 Å². The van der Waals surface area contributed by atoms with Gasteiger partial charge < -0.3 is 18.6 Å². The van der Waals surface area contributed by atoms with E-state index in [0.29, 0.717) is 72.4 Å². The molecule has 0 fully saturated rings. The van der Waals surface area contributed by atoms with Crippen molar-refractivity contribution in [3.8, 4) is 23.1 Å². The Morgan fingerprint density at radius 2 is 0.956 bits per heavy atom. The van der Waals surface area contributed by atoms with Crippen LogP contribution in [0.3, 0.4) is 0 Å². The van der Waals surface area contributed by atoms with E-state index in [1.54, 1.807) is 60.5 Å². The summed E-state index contributed by atoms with van der Waals surface area (Å²) in [5.41, 5.74) is 4.70. The van der Waals surface area contributed by atoms with Gasteiger partial charge in [-0.25, -0.2) is 65.6 Å². The molecule has 10 rings (SSSR count). The third kappa shape index (κ3) is 9.12. The summed E-state index contributed by atoms with van der Waals surface area (Å²) in [5.74, 6) is -5.98. The summed E-state index contributed by atoms with van der Waals surface area (Å²) in [7, 11) is 3.09. The van der Waals surface area contributed by atoms with Gasteiger partial charge in [-0.1, -0.05) is 12.1 Å². The number of methoxy groups -OCH3 is 2. The highest BCUT2D eigenvalue weighted by atomic mass is 19.2. The zero-order valence-corrected chi connectivity index (χ0v) is 37.1. The zero-order chi connectivity index (χ0) is 47.6. The molecule has 8 aromatic rings. The van der Waals surface area contributed by atoms with Gasteiger partial charge in [-0.05, 0) is 100 Å². The molecule has 6 aromatic heterocycles. The first-order valence-electron chi connectivity index (χ1n) is 21.5. The van der Waals surface area contributed by atoms with Crippen LogP contribution in [0.25, 0.3) is 35.7 Å². The maximum absolute atomic E-state index is 14.4. The summed E-state index contributed by atoms with van der Waals surface area (Å²) >= 11 is 0. The Balaban J connectivity index is 0.000000170. The fourth-order valence-electron chi connectivity index (χ4n) is 8.29. The average Bonchev–Trinajstić information content (AvgIpc) is 4.18. The maximum atomic E-state index is 14.4. The Morgan fingerprint density at radius 1 is 0.529 bits per heavy atom. The molecule has 0 aliphatic carbocycles. The van der Waals surface area contributed by atoms with Gasteiger partial charge in [0, 0.05) is 48.4 Å². The number of aromatic nitrogens is 12. The second-order valence-electron chi connectivity index (χ2n) is 16.1. The number of nitrogens with zero attached hydrogens (tertiary/aromatic N) is 12. The quantitative estimate of drug-likeness (QED) is 0.0962. The third-order valence-corrected chi connectivity index (χ3v) is 11.6. The highest BCUT2D eigenvalue weighted by Crippen LogP contribution is 2.36. The molecule has 2 atom stereocenters. The van der Waals surface area contributed by atoms with Crippen molar-refractivity contribution in [2.75, 3.05) is 14.2 Å². The van der Waals surface area contributed by atoms with Crippen molar-refractivity contribution in [3.63, 3.8) is 0 Å². The molecule has 2 aliphatic heterocycles. The molecular weight excluding hydrogens is 891 g/mol. The molecular formula is C48H42F6N12O2. The number of hydrogen-bond acceptors (Lipinski definition) is 10. The van der Waals surface area contributed by atoms with E-state index in [1.807, 2.05) is 59.6 Å². The van der Waals surface area contributed by atoms with E-state index in [9.17, 15) is 26.3 Å². The molecule has 0 spiro atoms. The summed E-state index contributed by atoms with van der Waals surface area (Å²) in [6.45, 7) is 5.03. The lowest BCUT2D eigenvalue weighted by atomic mass is 9.90. The standard InChI is InChI=1S/2C24H21F3N6O/c2*1-14-12-32(13-28-14)19-9-5-15(29-24(19)34-2)6-10-20-30-23-17(4-3-11-33(23)31-20)16-7-8-18(25)22(27)21(16)26/h2*5-10,12-13,17H,3-4,11H2,1-2H3/b2*10-6+/t2*17-/m10/s1. The molecule has 348 valence electrons. The van der Waals surface area contributed by atoms with E-state index in [-0.39, 0.29) is 11.1 Å². The molecule has 0 N–H and O–H groups in total.